The van der Waals surface area contributed by atoms with Crippen LogP contribution >= 0.6 is 0 Å². The molecule has 0 aliphatic carbocycles. The van der Waals surface area contributed by atoms with Crippen molar-refractivity contribution in [3.05, 3.63) is 64.7 Å². The molecule has 3 N–H and O–H groups in total. The molecule has 0 saturated carbocycles. The number of hydrogen-bond acceptors (Lipinski definition) is 3. The zero-order chi connectivity index (χ0) is 15.4. The minimum Gasteiger partial charge on any atom is -0.379 e. The highest BCUT2D eigenvalue weighted by Gasteiger charge is 2.08. The molecular weight excluding hydrogens is 276 g/mol. The smallest absolute Gasteiger partial charge is 0.248 e. The predicted octanol–water partition coefficient (Wildman–Crippen LogP) is 2.55. The average molecular weight is 287 g/mol. The molecule has 0 bridgehead atoms. The van der Waals surface area contributed by atoms with Crippen molar-refractivity contribution in [2.24, 2.45) is 5.73 Å². The number of amides is 1. The molecule has 2 aromatic carbocycles. The van der Waals surface area contributed by atoms with Crippen LogP contribution in [-0.4, -0.2) is 5.91 Å². The van der Waals surface area contributed by atoms with E-state index in [4.69, 9.17) is 11.0 Å². The summed E-state index contributed by atoms with van der Waals surface area (Å²) in [6.45, 7) is 0.175. The summed E-state index contributed by atoms with van der Waals surface area (Å²) < 4.78 is 26.8. The van der Waals surface area contributed by atoms with Gasteiger partial charge < -0.3 is 11.1 Å². The van der Waals surface area contributed by atoms with Gasteiger partial charge in [0.1, 0.15) is 17.7 Å². The molecule has 0 aliphatic heterocycles. The van der Waals surface area contributed by atoms with Gasteiger partial charge in [-0.2, -0.15) is 5.26 Å². The van der Waals surface area contributed by atoms with Gasteiger partial charge in [0.15, 0.2) is 0 Å². The maximum absolute atomic E-state index is 13.6. The summed E-state index contributed by atoms with van der Waals surface area (Å²) in [6.07, 6.45) is 0. The van der Waals surface area contributed by atoms with Gasteiger partial charge in [-0.05, 0) is 35.9 Å². The monoisotopic (exact) mass is 287 g/mol. The molecule has 0 fully saturated rings. The number of primary amides is 1. The third-order valence-corrected chi connectivity index (χ3v) is 2.89. The van der Waals surface area contributed by atoms with E-state index in [2.05, 4.69) is 5.32 Å². The minimum absolute atomic E-state index is 0.0827. The van der Waals surface area contributed by atoms with Crippen molar-refractivity contribution >= 4 is 11.6 Å². The van der Waals surface area contributed by atoms with E-state index in [1.807, 2.05) is 0 Å². The van der Waals surface area contributed by atoms with Crippen molar-refractivity contribution in [3.63, 3.8) is 0 Å². The van der Waals surface area contributed by atoms with Gasteiger partial charge in [-0.15, -0.1) is 0 Å². The Bertz CT molecular complexity index is 738. The Kier molecular flexibility index (Phi) is 4.14. The van der Waals surface area contributed by atoms with E-state index in [0.29, 0.717) is 5.56 Å². The van der Waals surface area contributed by atoms with Crippen LogP contribution in [0.1, 0.15) is 21.5 Å². The standard InChI is InChI=1S/C15H11F2N3O/c16-12-3-1-9(5-11(12)7-18)8-20-14-6-10(15(19)21)2-4-13(14)17/h1-6,20H,8H2,(H2,19,21). The number of nitrogens with one attached hydrogen (secondary N) is 1. The number of carbonyl (C=O) groups is 1. The molecule has 2 aromatic rings. The summed E-state index contributed by atoms with van der Waals surface area (Å²) in [4.78, 5) is 11.1. The van der Waals surface area contributed by atoms with Gasteiger partial charge in [-0.1, -0.05) is 6.07 Å². The summed E-state index contributed by atoms with van der Waals surface area (Å²) in [7, 11) is 0. The number of carbonyl (C=O) groups excluding carboxylic acids is 1. The zero-order valence-electron chi connectivity index (χ0n) is 10.9. The molecule has 106 valence electrons. The maximum Gasteiger partial charge on any atom is 0.248 e. The largest absolute Gasteiger partial charge is 0.379 e. The summed E-state index contributed by atoms with van der Waals surface area (Å²) in [5, 5.41) is 11.5. The van der Waals surface area contributed by atoms with E-state index >= 15 is 0 Å². The lowest BCUT2D eigenvalue weighted by Crippen LogP contribution is -2.12. The lowest BCUT2D eigenvalue weighted by atomic mass is 10.1. The molecule has 2 rings (SSSR count). The number of rotatable bonds is 4. The molecule has 6 heteroatoms. The molecule has 4 nitrogen and oxygen atoms in total. The number of benzene rings is 2. The van der Waals surface area contributed by atoms with E-state index in [0.717, 1.165) is 6.07 Å². The molecule has 0 aliphatic rings. The first-order valence-electron chi connectivity index (χ1n) is 6.03. The van der Waals surface area contributed by atoms with E-state index < -0.39 is 17.5 Å². The fourth-order valence-electron chi connectivity index (χ4n) is 1.78. The first kappa shape index (κ1) is 14.5. The molecule has 0 heterocycles. The van der Waals surface area contributed by atoms with Crippen LogP contribution in [0.25, 0.3) is 0 Å². The Morgan fingerprint density at radius 2 is 1.90 bits per heavy atom. The van der Waals surface area contributed by atoms with Gasteiger partial charge in [0.2, 0.25) is 5.91 Å². The second-order valence-electron chi connectivity index (χ2n) is 4.34. The Morgan fingerprint density at radius 3 is 2.57 bits per heavy atom. The van der Waals surface area contributed by atoms with Crippen LogP contribution < -0.4 is 11.1 Å². The van der Waals surface area contributed by atoms with Gasteiger partial charge in [0.05, 0.1) is 11.3 Å². The maximum atomic E-state index is 13.6. The van der Waals surface area contributed by atoms with Crippen LogP contribution in [0.15, 0.2) is 36.4 Å². The highest BCUT2D eigenvalue weighted by atomic mass is 19.1. The van der Waals surface area contributed by atoms with Crippen LogP contribution in [0.4, 0.5) is 14.5 Å². The lowest BCUT2D eigenvalue weighted by Gasteiger charge is -2.09. The van der Waals surface area contributed by atoms with Crippen molar-refractivity contribution in [2.75, 3.05) is 5.32 Å². The lowest BCUT2D eigenvalue weighted by molar-refractivity contribution is 0.100. The highest BCUT2D eigenvalue weighted by Crippen LogP contribution is 2.18. The van der Waals surface area contributed by atoms with E-state index in [1.54, 1.807) is 6.07 Å². The average Bonchev–Trinajstić information content (AvgIpc) is 2.47. The van der Waals surface area contributed by atoms with Gasteiger partial charge >= 0.3 is 0 Å². The minimum atomic E-state index is -0.661. The number of nitrogens with zero attached hydrogens (tertiary/aromatic N) is 1. The zero-order valence-corrected chi connectivity index (χ0v) is 10.9. The topological polar surface area (TPSA) is 78.9 Å². The third-order valence-electron chi connectivity index (χ3n) is 2.89. The molecule has 0 saturated heterocycles. The van der Waals surface area contributed by atoms with Crippen LogP contribution in [0.5, 0.6) is 0 Å². The van der Waals surface area contributed by atoms with Crippen molar-refractivity contribution in [1.29, 1.82) is 5.26 Å². The van der Waals surface area contributed by atoms with Gasteiger partial charge in [-0.3, -0.25) is 4.79 Å². The normalized spacial score (nSPS) is 9.95. The molecule has 0 unspecified atom stereocenters. The first-order chi connectivity index (χ1) is 10.0. The number of nitriles is 1. The van der Waals surface area contributed by atoms with E-state index in [1.165, 1.54) is 30.3 Å². The quantitative estimate of drug-likeness (QED) is 0.907. The van der Waals surface area contributed by atoms with Crippen molar-refractivity contribution in [2.45, 2.75) is 6.54 Å². The second kappa shape index (κ2) is 6.01. The summed E-state index contributed by atoms with van der Waals surface area (Å²) in [5.74, 6) is -1.81. The number of nitrogens with two attached hydrogens (primary N) is 1. The molecule has 0 radical (unpaired) electrons. The number of hydrogen-bond donors (Lipinski definition) is 2. The summed E-state index contributed by atoms with van der Waals surface area (Å²) >= 11 is 0. The Hall–Kier alpha value is -2.94. The van der Waals surface area contributed by atoms with E-state index in [-0.39, 0.29) is 23.4 Å². The van der Waals surface area contributed by atoms with Gasteiger partial charge in [0, 0.05) is 12.1 Å². The van der Waals surface area contributed by atoms with Gasteiger partial charge in [0.25, 0.3) is 0 Å². The Balaban J connectivity index is 2.18. The molecule has 0 atom stereocenters. The Morgan fingerprint density at radius 1 is 1.19 bits per heavy atom. The van der Waals surface area contributed by atoms with Crippen molar-refractivity contribution in [3.8, 4) is 6.07 Å². The van der Waals surface area contributed by atoms with Crippen molar-refractivity contribution in [1.82, 2.24) is 0 Å². The summed E-state index contributed by atoms with van der Waals surface area (Å²) in [5.41, 5.74) is 5.94. The van der Waals surface area contributed by atoms with Crippen LogP contribution in [0, 0.1) is 23.0 Å². The molecule has 21 heavy (non-hydrogen) atoms. The second-order valence-corrected chi connectivity index (χ2v) is 4.34. The molecular formula is C15H11F2N3O. The van der Waals surface area contributed by atoms with Gasteiger partial charge in [-0.25, -0.2) is 8.78 Å². The van der Waals surface area contributed by atoms with Crippen LogP contribution in [0.2, 0.25) is 0 Å². The fraction of sp³-hybridized carbons (Fsp3) is 0.0667. The van der Waals surface area contributed by atoms with Crippen molar-refractivity contribution < 1.29 is 13.6 Å². The number of anilines is 1. The first-order valence-corrected chi connectivity index (χ1v) is 6.03. The molecule has 0 aromatic heterocycles. The predicted molar refractivity (Wildman–Crippen MR) is 73.4 cm³/mol. The SMILES string of the molecule is N#Cc1cc(CNc2cc(C(N)=O)ccc2F)ccc1F. The summed E-state index contributed by atoms with van der Waals surface area (Å²) in [6, 6.07) is 9.48. The number of halogens is 2. The highest BCUT2D eigenvalue weighted by molar-refractivity contribution is 5.93. The molecule has 1 amide bonds. The molecule has 0 spiro atoms. The third kappa shape index (κ3) is 3.34. The van der Waals surface area contributed by atoms with E-state index in [9.17, 15) is 13.6 Å². The van der Waals surface area contributed by atoms with Crippen LogP contribution in [0.3, 0.4) is 0 Å². The fourth-order valence-corrected chi connectivity index (χ4v) is 1.78. The Labute approximate surface area is 119 Å². The van der Waals surface area contributed by atoms with Crippen LogP contribution in [-0.2, 0) is 6.54 Å².